The molecule has 0 spiro atoms. The lowest BCUT2D eigenvalue weighted by Crippen LogP contribution is -2.33. The third-order valence-corrected chi connectivity index (χ3v) is 6.82. The van der Waals surface area contributed by atoms with Gasteiger partial charge in [-0.25, -0.2) is 9.37 Å². The van der Waals surface area contributed by atoms with Crippen molar-refractivity contribution in [1.82, 2.24) is 24.5 Å². The summed E-state index contributed by atoms with van der Waals surface area (Å²) in [5.41, 5.74) is 3.51. The van der Waals surface area contributed by atoms with Crippen LogP contribution in [0.1, 0.15) is 35.3 Å². The van der Waals surface area contributed by atoms with E-state index in [9.17, 15) is 9.18 Å². The number of imidazole rings is 1. The molecule has 34 heavy (non-hydrogen) atoms. The highest BCUT2D eigenvalue weighted by Gasteiger charge is 2.28. The molecule has 3 aromatic heterocycles. The number of carbonyl (C=O) groups excluding carboxylic acids is 1. The van der Waals surface area contributed by atoms with Crippen molar-refractivity contribution in [3.63, 3.8) is 0 Å². The van der Waals surface area contributed by atoms with Crippen molar-refractivity contribution < 1.29 is 9.18 Å². The summed E-state index contributed by atoms with van der Waals surface area (Å²) in [6.07, 6.45) is 9.17. The van der Waals surface area contributed by atoms with Gasteiger partial charge in [0.1, 0.15) is 5.52 Å². The second kappa shape index (κ2) is 8.09. The Labute approximate surface area is 196 Å². The highest BCUT2D eigenvalue weighted by atomic mass is 19.1. The fourth-order valence-electron chi connectivity index (χ4n) is 4.91. The lowest BCUT2D eigenvalue weighted by Gasteiger charge is -2.20. The molecule has 1 amide bonds. The summed E-state index contributed by atoms with van der Waals surface area (Å²) in [4.78, 5) is 19.7. The van der Waals surface area contributed by atoms with Gasteiger partial charge in [-0.2, -0.15) is 5.10 Å². The third-order valence-electron chi connectivity index (χ3n) is 6.82. The van der Waals surface area contributed by atoms with E-state index in [1.54, 1.807) is 28.4 Å². The number of aryl methyl sites for hydroxylation is 2. The van der Waals surface area contributed by atoms with Gasteiger partial charge in [0.25, 0.3) is 5.91 Å². The molecule has 0 unspecified atom stereocenters. The van der Waals surface area contributed by atoms with Crippen molar-refractivity contribution in [3.05, 3.63) is 53.9 Å². The first-order valence-electron chi connectivity index (χ1n) is 11.9. The smallest absolute Gasteiger partial charge is 0.257 e. The molecule has 1 aliphatic heterocycles. The lowest BCUT2D eigenvalue weighted by molar-refractivity contribution is 0.102. The van der Waals surface area contributed by atoms with Gasteiger partial charge >= 0.3 is 0 Å². The van der Waals surface area contributed by atoms with E-state index < -0.39 is 5.82 Å². The fourth-order valence-corrected chi connectivity index (χ4v) is 4.91. The van der Waals surface area contributed by atoms with E-state index in [2.05, 4.69) is 25.6 Å². The molecule has 1 saturated carbocycles. The SMILES string of the molecule is Cc1cn2cc(NC(=O)c3ccc(N4CC[C@H](NCC5CC5)C4)c4cn(C)nc34)cc(F)c2n1. The molecule has 4 heterocycles. The van der Waals surface area contributed by atoms with Crippen LogP contribution < -0.4 is 15.5 Å². The van der Waals surface area contributed by atoms with Crippen LogP contribution in [0.25, 0.3) is 16.6 Å². The van der Waals surface area contributed by atoms with Crippen molar-refractivity contribution in [1.29, 1.82) is 0 Å². The number of hydrogen-bond acceptors (Lipinski definition) is 5. The number of aromatic nitrogens is 4. The maximum atomic E-state index is 14.5. The average Bonchev–Trinajstić information content (AvgIpc) is 3.16. The number of amides is 1. The van der Waals surface area contributed by atoms with Gasteiger partial charge in [-0.3, -0.25) is 9.48 Å². The molecule has 1 aromatic carbocycles. The van der Waals surface area contributed by atoms with Crippen LogP contribution in [0.3, 0.4) is 0 Å². The van der Waals surface area contributed by atoms with Crippen LogP contribution >= 0.6 is 0 Å². The summed E-state index contributed by atoms with van der Waals surface area (Å²) < 4.78 is 17.8. The normalized spacial score (nSPS) is 18.3. The molecule has 0 radical (unpaired) electrons. The first-order valence-corrected chi connectivity index (χ1v) is 11.9. The number of nitrogens with zero attached hydrogens (tertiary/aromatic N) is 5. The van der Waals surface area contributed by atoms with Gasteiger partial charge in [-0.15, -0.1) is 0 Å². The van der Waals surface area contributed by atoms with E-state index >= 15 is 0 Å². The first-order chi connectivity index (χ1) is 16.4. The largest absolute Gasteiger partial charge is 0.369 e. The number of carbonyl (C=O) groups is 1. The number of halogens is 1. The Hall–Kier alpha value is -3.46. The molecule has 0 bridgehead atoms. The third kappa shape index (κ3) is 3.90. The molecule has 1 atom stereocenters. The second-order valence-electron chi connectivity index (χ2n) is 9.62. The van der Waals surface area contributed by atoms with Crippen LogP contribution in [0.4, 0.5) is 15.8 Å². The van der Waals surface area contributed by atoms with Gasteiger partial charge in [0, 0.05) is 61.9 Å². The second-order valence-corrected chi connectivity index (χ2v) is 9.62. The van der Waals surface area contributed by atoms with Gasteiger partial charge in [0.05, 0.1) is 16.9 Å². The predicted octanol–water partition coefficient (Wildman–Crippen LogP) is 3.50. The van der Waals surface area contributed by atoms with Crippen molar-refractivity contribution in [2.45, 2.75) is 32.2 Å². The summed E-state index contributed by atoms with van der Waals surface area (Å²) in [5, 5.41) is 12.1. The fraction of sp³-hybridized carbons (Fsp3) is 0.400. The van der Waals surface area contributed by atoms with Crippen LogP contribution in [-0.2, 0) is 7.05 Å². The Morgan fingerprint density at radius 2 is 2.06 bits per heavy atom. The van der Waals surface area contributed by atoms with Crippen molar-refractivity contribution in [3.8, 4) is 0 Å². The zero-order chi connectivity index (χ0) is 23.4. The van der Waals surface area contributed by atoms with Gasteiger partial charge in [0.15, 0.2) is 11.5 Å². The molecule has 176 valence electrons. The lowest BCUT2D eigenvalue weighted by atomic mass is 10.1. The zero-order valence-corrected chi connectivity index (χ0v) is 19.4. The number of fused-ring (bicyclic) bond motifs is 2. The topological polar surface area (TPSA) is 79.5 Å². The number of hydrogen-bond donors (Lipinski definition) is 2. The van der Waals surface area contributed by atoms with Gasteiger partial charge in [-0.05, 0) is 50.8 Å². The maximum Gasteiger partial charge on any atom is 0.257 e. The number of pyridine rings is 1. The van der Waals surface area contributed by atoms with Crippen molar-refractivity contribution in [2.75, 3.05) is 29.9 Å². The van der Waals surface area contributed by atoms with E-state index in [0.29, 0.717) is 28.5 Å². The molecule has 9 heteroatoms. The molecule has 6 rings (SSSR count). The van der Waals surface area contributed by atoms with Crippen LogP contribution in [0.2, 0.25) is 0 Å². The molecule has 2 N–H and O–H groups in total. The van der Waals surface area contributed by atoms with Crippen molar-refractivity contribution >= 4 is 33.8 Å². The minimum atomic E-state index is -0.483. The number of nitrogens with one attached hydrogen (secondary N) is 2. The maximum absolute atomic E-state index is 14.5. The van der Waals surface area contributed by atoms with Crippen LogP contribution in [0.5, 0.6) is 0 Å². The molecule has 8 nitrogen and oxygen atoms in total. The number of rotatable bonds is 6. The average molecular weight is 462 g/mol. The summed E-state index contributed by atoms with van der Waals surface area (Å²) in [7, 11) is 1.86. The molecule has 2 aliphatic rings. The summed E-state index contributed by atoms with van der Waals surface area (Å²) in [5.74, 6) is 0.0585. The van der Waals surface area contributed by atoms with E-state index in [1.807, 2.05) is 25.4 Å². The first kappa shape index (κ1) is 21.1. The Kier molecular flexibility index (Phi) is 5.02. The minimum absolute atomic E-state index is 0.238. The highest BCUT2D eigenvalue weighted by molar-refractivity contribution is 6.13. The molecule has 1 aliphatic carbocycles. The molecule has 4 aromatic rings. The Balaban J connectivity index is 1.26. The van der Waals surface area contributed by atoms with Gasteiger partial charge < -0.3 is 19.9 Å². The zero-order valence-electron chi connectivity index (χ0n) is 19.4. The van der Waals surface area contributed by atoms with E-state index in [-0.39, 0.29) is 11.6 Å². The monoisotopic (exact) mass is 461 g/mol. The Morgan fingerprint density at radius 3 is 2.88 bits per heavy atom. The minimum Gasteiger partial charge on any atom is -0.369 e. The van der Waals surface area contributed by atoms with Crippen LogP contribution in [0.15, 0.2) is 36.8 Å². The number of benzene rings is 1. The van der Waals surface area contributed by atoms with Gasteiger partial charge in [-0.1, -0.05) is 0 Å². The van der Waals surface area contributed by atoms with Gasteiger partial charge in [0.2, 0.25) is 0 Å². The summed E-state index contributed by atoms with van der Waals surface area (Å²) in [6.45, 7) is 4.84. The molecule has 1 saturated heterocycles. The van der Waals surface area contributed by atoms with E-state index in [0.717, 1.165) is 43.0 Å². The molecule has 2 fully saturated rings. The van der Waals surface area contributed by atoms with Crippen LogP contribution in [-0.4, -0.2) is 50.7 Å². The van der Waals surface area contributed by atoms with E-state index in [1.165, 1.54) is 18.9 Å². The molecular formula is C25H28FN7O. The Morgan fingerprint density at radius 1 is 1.21 bits per heavy atom. The van der Waals surface area contributed by atoms with Crippen molar-refractivity contribution in [2.24, 2.45) is 13.0 Å². The number of anilines is 2. The predicted molar refractivity (Wildman–Crippen MR) is 130 cm³/mol. The molecular weight excluding hydrogens is 433 g/mol. The Bertz CT molecular complexity index is 1400. The summed E-state index contributed by atoms with van der Waals surface area (Å²) >= 11 is 0. The quantitative estimate of drug-likeness (QED) is 0.460. The summed E-state index contributed by atoms with van der Waals surface area (Å²) in [6, 6.07) is 5.61. The van der Waals surface area contributed by atoms with Crippen LogP contribution in [0, 0.1) is 18.7 Å². The van der Waals surface area contributed by atoms with E-state index in [4.69, 9.17) is 0 Å². The highest BCUT2D eigenvalue weighted by Crippen LogP contribution is 2.32. The standard InChI is InChI=1S/C25H28FN7O/c1-15-11-33-13-18(9-21(26)24(33)28-15)29-25(34)19-5-6-22(20-14-31(2)30-23(19)20)32-8-7-17(12-32)27-10-16-3-4-16/h5-6,9,11,13-14,16-17,27H,3-4,7-8,10,12H2,1-2H3,(H,29,34)/t17-/m0/s1.